The van der Waals surface area contributed by atoms with Crippen molar-refractivity contribution in [2.75, 3.05) is 0 Å². The van der Waals surface area contributed by atoms with Crippen molar-refractivity contribution >= 4 is 16.9 Å². The van der Waals surface area contributed by atoms with Crippen LogP contribution < -0.4 is 5.73 Å². The van der Waals surface area contributed by atoms with Crippen molar-refractivity contribution in [3.05, 3.63) is 41.6 Å². The number of carbonyl (C=O) groups is 1. The monoisotopic (exact) mass is 258 g/mol. The molecule has 0 saturated heterocycles. The molecule has 4 heteroatoms. The Morgan fingerprint density at radius 3 is 2.63 bits per heavy atom. The van der Waals surface area contributed by atoms with Gasteiger partial charge in [-0.1, -0.05) is 6.07 Å². The number of nitrogens with zero attached hydrogens (tertiary/aromatic N) is 1. The molecule has 0 atom stereocenters. The molecule has 0 saturated carbocycles. The molecule has 0 radical (unpaired) electrons. The van der Waals surface area contributed by atoms with E-state index >= 15 is 0 Å². The molecule has 1 heterocycles. The van der Waals surface area contributed by atoms with Crippen LogP contribution in [0.2, 0.25) is 0 Å². The Morgan fingerprint density at radius 1 is 1.26 bits per heavy atom. The first kappa shape index (κ1) is 13.5. The smallest absolute Gasteiger partial charge is 0.338 e. The SMILES string of the molecule is CC(C)(C)OC(=O)c1ccc2nc(CN)ccc2c1. The predicted molar refractivity (Wildman–Crippen MR) is 74.8 cm³/mol. The van der Waals surface area contributed by atoms with E-state index in [0.29, 0.717) is 12.1 Å². The fraction of sp³-hybridized carbons (Fsp3) is 0.333. The Bertz CT molecular complexity index is 615. The summed E-state index contributed by atoms with van der Waals surface area (Å²) in [6.45, 7) is 5.95. The highest BCUT2D eigenvalue weighted by Gasteiger charge is 2.18. The molecule has 2 aromatic rings. The van der Waals surface area contributed by atoms with Crippen molar-refractivity contribution in [3.8, 4) is 0 Å². The van der Waals surface area contributed by atoms with Crippen LogP contribution in [-0.2, 0) is 11.3 Å². The number of ether oxygens (including phenoxy) is 1. The van der Waals surface area contributed by atoms with Gasteiger partial charge in [-0.2, -0.15) is 0 Å². The van der Waals surface area contributed by atoms with Gasteiger partial charge in [0.15, 0.2) is 0 Å². The summed E-state index contributed by atoms with van der Waals surface area (Å²) in [7, 11) is 0. The number of pyridine rings is 1. The second-order valence-corrected chi connectivity index (χ2v) is 5.42. The van der Waals surface area contributed by atoms with E-state index in [2.05, 4.69) is 4.98 Å². The third kappa shape index (κ3) is 3.29. The van der Waals surface area contributed by atoms with Gasteiger partial charge in [0.25, 0.3) is 0 Å². The lowest BCUT2D eigenvalue weighted by Gasteiger charge is -2.19. The van der Waals surface area contributed by atoms with Gasteiger partial charge in [0.2, 0.25) is 0 Å². The van der Waals surface area contributed by atoms with Gasteiger partial charge in [-0.15, -0.1) is 0 Å². The number of fused-ring (bicyclic) bond motifs is 1. The van der Waals surface area contributed by atoms with Crippen molar-refractivity contribution < 1.29 is 9.53 Å². The van der Waals surface area contributed by atoms with Crippen molar-refractivity contribution in [2.45, 2.75) is 32.9 Å². The van der Waals surface area contributed by atoms with Gasteiger partial charge in [0.1, 0.15) is 5.60 Å². The van der Waals surface area contributed by atoms with Crippen LogP contribution in [0.1, 0.15) is 36.8 Å². The molecule has 0 bridgehead atoms. The fourth-order valence-electron chi connectivity index (χ4n) is 1.75. The average molecular weight is 258 g/mol. The number of benzene rings is 1. The van der Waals surface area contributed by atoms with Crippen molar-refractivity contribution in [2.24, 2.45) is 5.73 Å². The first-order valence-corrected chi connectivity index (χ1v) is 6.22. The Kier molecular flexibility index (Phi) is 3.53. The van der Waals surface area contributed by atoms with Crippen LogP contribution in [0.3, 0.4) is 0 Å². The molecule has 0 amide bonds. The quantitative estimate of drug-likeness (QED) is 0.841. The Hall–Kier alpha value is -1.94. The second-order valence-electron chi connectivity index (χ2n) is 5.42. The molecule has 0 aliphatic heterocycles. The molecule has 100 valence electrons. The highest BCUT2D eigenvalue weighted by molar-refractivity contribution is 5.94. The van der Waals surface area contributed by atoms with Crippen LogP contribution in [0.15, 0.2) is 30.3 Å². The highest BCUT2D eigenvalue weighted by atomic mass is 16.6. The second kappa shape index (κ2) is 4.97. The standard InChI is InChI=1S/C15H18N2O2/c1-15(2,3)19-14(18)11-5-7-13-10(8-11)4-6-12(9-16)17-13/h4-8H,9,16H2,1-3H3. The topological polar surface area (TPSA) is 65.2 Å². The van der Waals surface area contributed by atoms with Gasteiger partial charge in [-0.25, -0.2) is 4.79 Å². The summed E-state index contributed by atoms with van der Waals surface area (Å²) in [6.07, 6.45) is 0. The van der Waals surface area contributed by atoms with E-state index in [1.807, 2.05) is 39.0 Å². The Balaban J connectivity index is 2.34. The maximum atomic E-state index is 12.0. The minimum Gasteiger partial charge on any atom is -0.456 e. The highest BCUT2D eigenvalue weighted by Crippen LogP contribution is 2.18. The molecule has 4 nitrogen and oxygen atoms in total. The number of esters is 1. The number of aromatic nitrogens is 1. The molecule has 0 aliphatic rings. The lowest BCUT2D eigenvalue weighted by molar-refractivity contribution is 0.00697. The minimum atomic E-state index is -0.492. The molecule has 1 aromatic carbocycles. The predicted octanol–water partition coefficient (Wildman–Crippen LogP) is 2.65. The number of hydrogen-bond acceptors (Lipinski definition) is 4. The van der Waals surface area contributed by atoms with Crippen LogP contribution in [0.25, 0.3) is 10.9 Å². The molecule has 0 spiro atoms. The summed E-state index contributed by atoms with van der Waals surface area (Å²) in [6, 6.07) is 9.10. The van der Waals surface area contributed by atoms with Gasteiger partial charge in [-0.3, -0.25) is 4.98 Å². The van der Waals surface area contributed by atoms with E-state index in [1.165, 1.54) is 0 Å². The van der Waals surface area contributed by atoms with Gasteiger partial charge < -0.3 is 10.5 Å². The summed E-state index contributed by atoms with van der Waals surface area (Å²) in [4.78, 5) is 16.4. The summed E-state index contributed by atoms with van der Waals surface area (Å²) in [5.74, 6) is -0.322. The zero-order chi connectivity index (χ0) is 14.0. The minimum absolute atomic E-state index is 0.322. The summed E-state index contributed by atoms with van der Waals surface area (Å²) in [5, 5.41) is 0.903. The molecule has 1 aromatic heterocycles. The van der Waals surface area contributed by atoms with E-state index in [1.54, 1.807) is 12.1 Å². The fourth-order valence-corrected chi connectivity index (χ4v) is 1.75. The molecule has 0 fully saturated rings. The van der Waals surface area contributed by atoms with Crippen LogP contribution in [0, 0.1) is 0 Å². The molecular formula is C15H18N2O2. The molecular weight excluding hydrogens is 240 g/mol. The van der Waals surface area contributed by atoms with Crippen LogP contribution in [0.4, 0.5) is 0 Å². The molecule has 0 unspecified atom stereocenters. The van der Waals surface area contributed by atoms with Crippen molar-refractivity contribution in [3.63, 3.8) is 0 Å². The largest absolute Gasteiger partial charge is 0.456 e. The third-order valence-corrected chi connectivity index (χ3v) is 2.59. The zero-order valence-electron chi connectivity index (χ0n) is 11.4. The number of carbonyl (C=O) groups excluding carboxylic acids is 1. The molecule has 2 N–H and O–H groups in total. The Labute approximate surface area is 112 Å². The van der Waals surface area contributed by atoms with Gasteiger partial charge in [0.05, 0.1) is 16.8 Å². The normalized spacial score (nSPS) is 11.6. The van der Waals surface area contributed by atoms with E-state index in [0.717, 1.165) is 16.6 Å². The van der Waals surface area contributed by atoms with Crippen LogP contribution in [0.5, 0.6) is 0 Å². The third-order valence-electron chi connectivity index (χ3n) is 2.59. The zero-order valence-corrected chi connectivity index (χ0v) is 11.4. The number of hydrogen-bond donors (Lipinski definition) is 1. The average Bonchev–Trinajstić information content (AvgIpc) is 2.35. The number of rotatable bonds is 2. The molecule has 19 heavy (non-hydrogen) atoms. The van der Waals surface area contributed by atoms with Gasteiger partial charge >= 0.3 is 5.97 Å². The summed E-state index contributed by atoms with van der Waals surface area (Å²) < 4.78 is 5.34. The van der Waals surface area contributed by atoms with Crippen LogP contribution >= 0.6 is 0 Å². The van der Waals surface area contributed by atoms with Crippen molar-refractivity contribution in [1.82, 2.24) is 4.98 Å². The maximum Gasteiger partial charge on any atom is 0.338 e. The van der Waals surface area contributed by atoms with E-state index in [9.17, 15) is 4.79 Å². The van der Waals surface area contributed by atoms with E-state index in [-0.39, 0.29) is 5.97 Å². The van der Waals surface area contributed by atoms with Crippen molar-refractivity contribution in [1.29, 1.82) is 0 Å². The summed E-state index contributed by atoms with van der Waals surface area (Å²) >= 11 is 0. The number of nitrogens with two attached hydrogens (primary N) is 1. The maximum absolute atomic E-state index is 12.0. The van der Waals surface area contributed by atoms with E-state index < -0.39 is 5.60 Å². The summed E-state index contributed by atoms with van der Waals surface area (Å²) in [5.41, 5.74) is 7.25. The van der Waals surface area contributed by atoms with Gasteiger partial charge in [0, 0.05) is 11.9 Å². The molecule has 2 rings (SSSR count). The van der Waals surface area contributed by atoms with E-state index in [4.69, 9.17) is 10.5 Å². The first-order chi connectivity index (χ1) is 8.89. The lowest BCUT2D eigenvalue weighted by Crippen LogP contribution is -2.23. The van der Waals surface area contributed by atoms with Crippen LogP contribution in [-0.4, -0.2) is 16.6 Å². The Morgan fingerprint density at radius 2 is 2.00 bits per heavy atom. The first-order valence-electron chi connectivity index (χ1n) is 6.22. The lowest BCUT2D eigenvalue weighted by atomic mass is 10.1. The molecule has 0 aliphatic carbocycles. The van der Waals surface area contributed by atoms with Gasteiger partial charge in [-0.05, 0) is 45.0 Å².